The van der Waals surface area contributed by atoms with Crippen LogP contribution in [-0.4, -0.2) is 31.8 Å². The van der Waals surface area contributed by atoms with Crippen molar-refractivity contribution in [1.29, 1.82) is 0 Å². The summed E-state index contributed by atoms with van der Waals surface area (Å²) in [5.74, 6) is 0.139. The minimum atomic E-state index is -4.05. The Morgan fingerprint density at radius 3 is 2.43 bits per heavy atom. The summed E-state index contributed by atoms with van der Waals surface area (Å²) in [4.78, 5) is 13.9. The van der Waals surface area contributed by atoms with Crippen LogP contribution in [-0.2, 0) is 10.0 Å². The lowest BCUT2D eigenvalue weighted by molar-refractivity contribution is 0.0743. The van der Waals surface area contributed by atoms with E-state index in [4.69, 9.17) is 28.3 Å². The van der Waals surface area contributed by atoms with Crippen molar-refractivity contribution in [2.24, 2.45) is 11.1 Å². The molecule has 0 aliphatic carbocycles. The van der Waals surface area contributed by atoms with Gasteiger partial charge in [0.1, 0.15) is 4.90 Å². The molecule has 0 bridgehead atoms. The van der Waals surface area contributed by atoms with Crippen LogP contribution in [0.2, 0.25) is 10.0 Å². The van der Waals surface area contributed by atoms with Crippen molar-refractivity contribution in [2.75, 3.05) is 6.54 Å². The Bertz CT molecular complexity index is 691. The Hall–Kier alpha value is -0.820. The van der Waals surface area contributed by atoms with Gasteiger partial charge in [-0.25, -0.2) is 13.6 Å². The van der Waals surface area contributed by atoms with Gasteiger partial charge in [-0.2, -0.15) is 0 Å². The van der Waals surface area contributed by atoms with Crippen LogP contribution >= 0.6 is 23.2 Å². The van der Waals surface area contributed by atoms with Gasteiger partial charge in [-0.05, 0) is 31.4 Å². The number of primary sulfonamides is 1. The first kappa shape index (κ1) is 16.5. The Kier molecular flexibility index (Phi) is 4.54. The molecule has 0 radical (unpaired) electrons. The third kappa shape index (κ3) is 3.34. The van der Waals surface area contributed by atoms with Crippen molar-refractivity contribution in [3.63, 3.8) is 0 Å². The third-order valence-corrected chi connectivity index (χ3v) is 5.44. The zero-order valence-corrected chi connectivity index (χ0v) is 14.0. The van der Waals surface area contributed by atoms with Crippen molar-refractivity contribution in [1.82, 2.24) is 4.90 Å². The monoisotopic (exact) mass is 350 g/mol. The number of hydrogen-bond donors (Lipinski definition) is 1. The van der Waals surface area contributed by atoms with Crippen LogP contribution in [0.25, 0.3) is 0 Å². The molecule has 1 aliphatic rings. The van der Waals surface area contributed by atoms with Crippen LogP contribution < -0.4 is 5.14 Å². The smallest absolute Gasteiger partial charge is 0.254 e. The van der Waals surface area contributed by atoms with E-state index in [1.165, 1.54) is 12.1 Å². The molecule has 2 N–H and O–H groups in total. The summed E-state index contributed by atoms with van der Waals surface area (Å²) in [5.41, 5.74) is 0.175. The van der Waals surface area contributed by atoms with Crippen molar-refractivity contribution in [3.8, 4) is 0 Å². The molecular formula is C13H16Cl2N2O3S. The van der Waals surface area contributed by atoms with Crippen molar-refractivity contribution >= 4 is 39.1 Å². The molecule has 0 aromatic heterocycles. The number of nitrogens with zero attached hydrogens (tertiary/aromatic N) is 1. The van der Waals surface area contributed by atoms with Crippen LogP contribution in [0.3, 0.4) is 0 Å². The molecule has 21 heavy (non-hydrogen) atoms. The molecule has 1 aromatic rings. The standard InChI is InChI=1S/C13H16Cl2N2O3S/c1-7-3-8(2)17(6-7)13(18)9-4-10(14)12(15)11(5-9)21(16,19)20/h4-5,7-8H,3,6H2,1-2H3,(H2,16,19,20). The van der Waals surface area contributed by atoms with E-state index in [-0.39, 0.29) is 32.5 Å². The number of carbonyl (C=O) groups excluding carboxylic acids is 1. The zero-order valence-electron chi connectivity index (χ0n) is 11.6. The molecule has 1 amide bonds. The van der Waals surface area contributed by atoms with Gasteiger partial charge in [0.15, 0.2) is 0 Å². The van der Waals surface area contributed by atoms with Gasteiger partial charge in [-0.15, -0.1) is 0 Å². The fourth-order valence-electron chi connectivity index (χ4n) is 2.64. The van der Waals surface area contributed by atoms with Gasteiger partial charge in [-0.1, -0.05) is 30.1 Å². The molecule has 1 aliphatic heterocycles. The molecule has 8 heteroatoms. The van der Waals surface area contributed by atoms with E-state index in [2.05, 4.69) is 6.92 Å². The highest BCUT2D eigenvalue weighted by Crippen LogP contribution is 2.32. The van der Waals surface area contributed by atoms with E-state index in [0.29, 0.717) is 12.5 Å². The molecule has 1 fully saturated rings. The van der Waals surface area contributed by atoms with Crippen molar-refractivity contribution in [2.45, 2.75) is 31.2 Å². The molecule has 5 nitrogen and oxygen atoms in total. The van der Waals surface area contributed by atoms with E-state index >= 15 is 0 Å². The largest absolute Gasteiger partial charge is 0.336 e. The molecule has 116 valence electrons. The van der Waals surface area contributed by atoms with E-state index in [9.17, 15) is 13.2 Å². The lowest BCUT2D eigenvalue weighted by atomic mass is 10.1. The molecule has 2 unspecified atom stereocenters. The first-order valence-corrected chi connectivity index (χ1v) is 8.74. The van der Waals surface area contributed by atoms with E-state index < -0.39 is 10.0 Å². The molecule has 2 rings (SSSR count). The number of amides is 1. The molecule has 2 atom stereocenters. The summed E-state index contributed by atoms with van der Waals surface area (Å²) in [5, 5.41) is 4.93. The first-order chi connectivity index (χ1) is 9.61. The van der Waals surface area contributed by atoms with Crippen molar-refractivity contribution in [3.05, 3.63) is 27.7 Å². The quantitative estimate of drug-likeness (QED) is 0.889. The fraction of sp³-hybridized carbons (Fsp3) is 0.462. The maximum absolute atomic E-state index is 12.5. The van der Waals surface area contributed by atoms with Crippen LogP contribution in [0, 0.1) is 5.92 Å². The van der Waals surface area contributed by atoms with Gasteiger partial charge >= 0.3 is 0 Å². The fourth-order valence-corrected chi connectivity index (χ4v) is 4.00. The van der Waals surface area contributed by atoms with Crippen LogP contribution in [0.5, 0.6) is 0 Å². The first-order valence-electron chi connectivity index (χ1n) is 6.44. The Balaban J connectivity index is 2.46. The summed E-state index contributed by atoms with van der Waals surface area (Å²) in [6.45, 7) is 4.65. The molecular weight excluding hydrogens is 335 g/mol. The van der Waals surface area contributed by atoms with E-state index in [0.717, 1.165) is 6.42 Å². The average molecular weight is 351 g/mol. The number of sulfonamides is 1. The summed E-state index contributed by atoms with van der Waals surface area (Å²) in [7, 11) is -4.05. The summed E-state index contributed by atoms with van der Waals surface area (Å²) in [6, 6.07) is 2.65. The van der Waals surface area contributed by atoms with E-state index in [1.807, 2.05) is 6.92 Å². The Morgan fingerprint density at radius 2 is 1.95 bits per heavy atom. The van der Waals surface area contributed by atoms with Crippen molar-refractivity contribution < 1.29 is 13.2 Å². The van der Waals surface area contributed by atoms with Gasteiger partial charge < -0.3 is 4.90 Å². The number of halogens is 2. The second kappa shape index (κ2) is 5.76. The number of rotatable bonds is 2. The molecule has 0 saturated carbocycles. The van der Waals surface area contributed by atoms with Crippen LogP contribution in [0.1, 0.15) is 30.6 Å². The summed E-state index contributed by atoms with van der Waals surface area (Å²) < 4.78 is 23.1. The maximum Gasteiger partial charge on any atom is 0.254 e. The highest BCUT2D eigenvalue weighted by molar-refractivity contribution is 7.89. The highest BCUT2D eigenvalue weighted by atomic mass is 35.5. The maximum atomic E-state index is 12.5. The van der Waals surface area contributed by atoms with E-state index in [1.54, 1.807) is 4.90 Å². The van der Waals surface area contributed by atoms with Gasteiger partial charge in [0, 0.05) is 18.2 Å². The normalized spacial score (nSPS) is 22.6. The van der Waals surface area contributed by atoms with Crippen LogP contribution in [0.15, 0.2) is 17.0 Å². The number of nitrogens with two attached hydrogens (primary N) is 1. The second-order valence-corrected chi connectivity index (χ2v) is 7.78. The van der Waals surface area contributed by atoms with Gasteiger partial charge in [0.05, 0.1) is 10.0 Å². The lowest BCUT2D eigenvalue weighted by Gasteiger charge is -2.22. The lowest BCUT2D eigenvalue weighted by Crippen LogP contribution is -2.34. The molecule has 0 spiro atoms. The molecule has 1 saturated heterocycles. The minimum absolute atomic E-state index is 0.00793. The SMILES string of the molecule is CC1CC(C)N(C(=O)c2cc(Cl)c(Cl)c(S(N)(=O)=O)c2)C1. The number of carbonyl (C=O) groups is 1. The predicted octanol–water partition coefficient (Wildman–Crippen LogP) is 2.51. The second-order valence-electron chi connectivity index (χ2n) is 5.46. The predicted molar refractivity (Wildman–Crippen MR) is 82.1 cm³/mol. The topological polar surface area (TPSA) is 80.5 Å². The molecule has 1 heterocycles. The Morgan fingerprint density at radius 1 is 1.33 bits per heavy atom. The van der Waals surface area contributed by atoms with Gasteiger partial charge in [0.25, 0.3) is 5.91 Å². The minimum Gasteiger partial charge on any atom is -0.336 e. The zero-order chi connectivity index (χ0) is 15.9. The molecule has 1 aromatic carbocycles. The third-order valence-electron chi connectivity index (χ3n) is 3.59. The van der Waals surface area contributed by atoms with Gasteiger partial charge in [-0.3, -0.25) is 4.79 Å². The highest BCUT2D eigenvalue weighted by Gasteiger charge is 2.31. The summed E-state index contributed by atoms with van der Waals surface area (Å²) >= 11 is 11.8. The number of hydrogen-bond acceptors (Lipinski definition) is 3. The van der Waals surface area contributed by atoms with Gasteiger partial charge in [0.2, 0.25) is 10.0 Å². The number of likely N-dealkylation sites (tertiary alicyclic amines) is 1. The summed E-state index contributed by atoms with van der Waals surface area (Å²) in [6.07, 6.45) is 0.912. The number of benzene rings is 1. The Labute approximate surface area is 134 Å². The van der Waals surface area contributed by atoms with Crippen LogP contribution in [0.4, 0.5) is 0 Å². The average Bonchev–Trinajstić information content (AvgIpc) is 2.69.